The fourth-order valence-electron chi connectivity index (χ4n) is 3.36. The van der Waals surface area contributed by atoms with Crippen molar-refractivity contribution in [3.8, 4) is 0 Å². The SMILES string of the molecule is Cn1cc(/C=C2\SC(=S)N([C@@H](C(=O)[O-])c3ccccc3)C2=O)c2ccccc21. The molecule has 1 aromatic heterocycles. The van der Waals surface area contributed by atoms with Crippen LogP contribution in [0.2, 0.25) is 0 Å². The summed E-state index contributed by atoms with van der Waals surface area (Å²) in [6.45, 7) is 0. The molecule has 4 rings (SSSR count). The first-order chi connectivity index (χ1) is 13.5. The number of aromatic nitrogens is 1. The molecule has 2 aromatic carbocycles. The number of aliphatic carboxylic acids is 1. The maximum absolute atomic E-state index is 13.0. The van der Waals surface area contributed by atoms with Crippen molar-refractivity contribution in [2.45, 2.75) is 6.04 Å². The lowest BCUT2D eigenvalue weighted by molar-refractivity contribution is -0.310. The molecule has 0 N–H and O–H groups in total. The Kier molecular flexibility index (Phi) is 4.78. The molecule has 1 saturated heterocycles. The molecule has 1 amide bonds. The number of carbonyl (C=O) groups excluding carboxylic acids is 2. The summed E-state index contributed by atoms with van der Waals surface area (Å²) in [6.07, 6.45) is 3.70. The van der Waals surface area contributed by atoms with E-state index in [4.69, 9.17) is 12.2 Å². The summed E-state index contributed by atoms with van der Waals surface area (Å²) in [5.74, 6) is -1.80. The molecule has 3 aromatic rings. The average Bonchev–Trinajstić information content (AvgIpc) is 3.14. The Morgan fingerprint density at radius 3 is 2.54 bits per heavy atom. The maximum atomic E-state index is 13.0. The van der Waals surface area contributed by atoms with E-state index >= 15 is 0 Å². The molecule has 0 spiro atoms. The van der Waals surface area contributed by atoms with Crippen LogP contribution < -0.4 is 5.11 Å². The molecule has 7 heteroatoms. The lowest BCUT2D eigenvalue weighted by atomic mass is 10.1. The van der Waals surface area contributed by atoms with Crippen molar-refractivity contribution in [2.24, 2.45) is 7.05 Å². The van der Waals surface area contributed by atoms with Crippen LogP contribution in [0.15, 0.2) is 65.7 Å². The van der Waals surface area contributed by atoms with Crippen LogP contribution in [0.3, 0.4) is 0 Å². The quantitative estimate of drug-likeness (QED) is 0.492. The van der Waals surface area contributed by atoms with Gasteiger partial charge in [0.05, 0.1) is 10.9 Å². The number of carboxylic acid groups (broad SMARTS) is 1. The van der Waals surface area contributed by atoms with E-state index in [-0.39, 0.29) is 4.32 Å². The number of hydrogen-bond donors (Lipinski definition) is 0. The van der Waals surface area contributed by atoms with E-state index in [0.717, 1.165) is 33.1 Å². The first kappa shape index (κ1) is 18.5. The molecular weight excluding hydrogens is 392 g/mol. The van der Waals surface area contributed by atoms with Crippen LogP contribution in [0, 0.1) is 0 Å². The van der Waals surface area contributed by atoms with Crippen molar-refractivity contribution in [2.75, 3.05) is 0 Å². The number of carboxylic acids is 1. The summed E-state index contributed by atoms with van der Waals surface area (Å²) < 4.78 is 2.19. The van der Waals surface area contributed by atoms with Crippen molar-refractivity contribution >= 4 is 57.2 Å². The van der Waals surface area contributed by atoms with Crippen molar-refractivity contribution in [1.82, 2.24) is 9.47 Å². The molecule has 1 aliphatic rings. The van der Waals surface area contributed by atoms with Crippen LogP contribution in [-0.4, -0.2) is 25.7 Å². The number of aryl methyl sites for hydroxylation is 1. The highest BCUT2D eigenvalue weighted by atomic mass is 32.2. The molecule has 0 unspecified atom stereocenters. The number of rotatable bonds is 4. The molecule has 0 saturated carbocycles. The van der Waals surface area contributed by atoms with Crippen LogP contribution in [0.5, 0.6) is 0 Å². The maximum Gasteiger partial charge on any atom is 0.267 e. The Morgan fingerprint density at radius 2 is 1.82 bits per heavy atom. The molecule has 0 radical (unpaired) electrons. The van der Waals surface area contributed by atoms with Crippen LogP contribution in [0.25, 0.3) is 17.0 Å². The molecule has 0 aliphatic carbocycles. The van der Waals surface area contributed by atoms with Crippen molar-refractivity contribution < 1.29 is 14.7 Å². The zero-order chi connectivity index (χ0) is 19.8. The van der Waals surface area contributed by atoms with E-state index in [9.17, 15) is 14.7 Å². The number of hydrogen-bond acceptors (Lipinski definition) is 5. The van der Waals surface area contributed by atoms with Crippen LogP contribution in [-0.2, 0) is 16.6 Å². The zero-order valence-corrected chi connectivity index (χ0v) is 16.5. The Bertz CT molecular complexity index is 1140. The van der Waals surface area contributed by atoms with Crippen molar-refractivity contribution in [3.05, 3.63) is 76.8 Å². The van der Waals surface area contributed by atoms with Crippen molar-refractivity contribution in [3.63, 3.8) is 0 Å². The summed E-state index contributed by atoms with van der Waals surface area (Å²) in [5.41, 5.74) is 2.37. The van der Waals surface area contributed by atoms with Gasteiger partial charge in [0.15, 0.2) is 0 Å². The Balaban J connectivity index is 1.74. The second-order valence-electron chi connectivity index (χ2n) is 6.40. The van der Waals surface area contributed by atoms with Crippen LogP contribution >= 0.6 is 24.0 Å². The minimum absolute atomic E-state index is 0.203. The third-order valence-corrected chi connectivity index (χ3v) is 5.97. The Morgan fingerprint density at radius 1 is 1.14 bits per heavy atom. The second kappa shape index (κ2) is 7.26. The van der Waals surface area contributed by atoms with E-state index < -0.39 is 17.9 Å². The number of thiocarbonyl (C=S) groups is 1. The number of thioether (sulfide) groups is 1. The molecule has 1 atom stereocenters. The monoisotopic (exact) mass is 407 g/mol. The fourth-order valence-corrected chi connectivity index (χ4v) is 4.66. The smallest absolute Gasteiger partial charge is 0.267 e. The van der Waals surface area contributed by atoms with Gasteiger partial charge in [-0.1, -0.05) is 72.5 Å². The molecular formula is C21H15N2O3S2-. The van der Waals surface area contributed by atoms with Crippen LogP contribution in [0.1, 0.15) is 17.2 Å². The van der Waals surface area contributed by atoms with E-state index in [0.29, 0.717) is 10.5 Å². The van der Waals surface area contributed by atoms with Gasteiger partial charge >= 0.3 is 0 Å². The highest BCUT2D eigenvalue weighted by Crippen LogP contribution is 2.38. The highest BCUT2D eigenvalue weighted by Gasteiger charge is 2.38. The zero-order valence-electron chi connectivity index (χ0n) is 14.9. The predicted octanol–water partition coefficient (Wildman–Crippen LogP) is 2.87. The third-order valence-electron chi connectivity index (χ3n) is 4.63. The summed E-state index contributed by atoms with van der Waals surface area (Å²) in [4.78, 5) is 26.4. The molecule has 0 bridgehead atoms. The number of para-hydroxylation sites is 1. The fraction of sp³-hybridized carbons (Fsp3) is 0.0952. The van der Waals surface area contributed by atoms with E-state index in [1.807, 2.05) is 42.1 Å². The summed E-state index contributed by atoms with van der Waals surface area (Å²) in [7, 11) is 1.94. The molecule has 140 valence electrons. The van der Waals surface area contributed by atoms with Gasteiger partial charge in [-0.3, -0.25) is 9.69 Å². The van der Waals surface area contributed by atoms with E-state index in [1.54, 1.807) is 36.4 Å². The van der Waals surface area contributed by atoms with E-state index in [2.05, 4.69) is 0 Å². The third kappa shape index (κ3) is 3.12. The number of nitrogens with zero attached hydrogens (tertiary/aromatic N) is 2. The Labute approximate surface area is 171 Å². The molecule has 1 fully saturated rings. The topological polar surface area (TPSA) is 65.4 Å². The second-order valence-corrected chi connectivity index (χ2v) is 8.07. The first-order valence-corrected chi connectivity index (χ1v) is 9.77. The lowest BCUT2D eigenvalue weighted by Crippen LogP contribution is -2.43. The number of benzene rings is 2. The van der Waals surface area contributed by atoms with Gasteiger partial charge in [-0.05, 0) is 17.7 Å². The largest absolute Gasteiger partial charge is 0.547 e. The van der Waals surface area contributed by atoms with Crippen molar-refractivity contribution in [1.29, 1.82) is 0 Å². The van der Waals surface area contributed by atoms with Gasteiger partial charge in [-0.25, -0.2) is 0 Å². The van der Waals surface area contributed by atoms with E-state index in [1.165, 1.54) is 0 Å². The van der Waals surface area contributed by atoms with Crippen LogP contribution in [0.4, 0.5) is 0 Å². The number of fused-ring (bicyclic) bond motifs is 1. The van der Waals surface area contributed by atoms with Gasteiger partial charge in [-0.15, -0.1) is 0 Å². The molecule has 28 heavy (non-hydrogen) atoms. The van der Waals surface area contributed by atoms with Gasteiger partial charge in [0.1, 0.15) is 10.4 Å². The highest BCUT2D eigenvalue weighted by molar-refractivity contribution is 8.26. The summed E-state index contributed by atoms with van der Waals surface area (Å²) in [5, 5.41) is 12.8. The van der Waals surface area contributed by atoms with Gasteiger partial charge in [0.25, 0.3) is 5.91 Å². The normalized spacial score (nSPS) is 16.9. The van der Waals surface area contributed by atoms with Gasteiger partial charge in [0, 0.05) is 29.7 Å². The number of amides is 1. The predicted molar refractivity (Wildman–Crippen MR) is 112 cm³/mol. The first-order valence-electron chi connectivity index (χ1n) is 8.54. The van der Waals surface area contributed by atoms with Gasteiger partial charge < -0.3 is 14.5 Å². The minimum atomic E-state index is -1.37. The van der Waals surface area contributed by atoms with Gasteiger partial charge in [0.2, 0.25) is 0 Å². The number of carbonyl (C=O) groups is 2. The average molecular weight is 407 g/mol. The summed E-state index contributed by atoms with van der Waals surface area (Å²) in [6, 6.07) is 15.1. The standard InChI is InChI=1S/C21H16N2O3S2/c1-22-12-14(15-9-5-6-10-16(15)22)11-17-19(24)23(21(27)28-17)18(20(25)26)13-7-3-2-4-8-13/h2-12,18H,1H3,(H,25,26)/p-1/b17-11-/t18-/m1/s1. The molecule has 2 heterocycles. The lowest BCUT2D eigenvalue weighted by Gasteiger charge is -2.27. The Hall–Kier alpha value is -2.90. The summed E-state index contributed by atoms with van der Waals surface area (Å²) >= 11 is 6.44. The molecule has 5 nitrogen and oxygen atoms in total. The molecule has 1 aliphatic heterocycles. The minimum Gasteiger partial charge on any atom is -0.547 e. The van der Waals surface area contributed by atoms with Gasteiger partial charge in [-0.2, -0.15) is 0 Å².